The Morgan fingerprint density at radius 3 is 0.722 bits per heavy atom. The second-order valence-corrected chi connectivity index (χ2v) is 4.36. The van der Waals surface area contributed by atoms with Gasteiger partial charge in [-0.05, 0) is 40.0 Å². The van der Waals surface area contributed by atoms with E-state index in [1.54, 1.807) is 20.8 Å². The Labute approximate surface area is 112 Å². The summed E-state index contributed by atoms with van der Waals surface area (Å²) in [6, 6.07) is 0. The molecule has 3 heteroatoms. The van der Waals surface area contributed by atoms with Gasteiger partial charge in [-0.1, -0.05) is 20.8 Å². The van der Waals surface area contributed by atoms with Gasteiger partial charge in [-0.3, -0.25) is 0 Å². The number of carbonyl (C=O) groups excluding carboxylic acids is 3. The molecule has 0 aliphatic heterocycles. The summed E-state index contributed by atoms with van der Waals surface area (Å²) in [6.07, 6.45) is 5.15. The quantitative estimate of drug-likeness (QED) is 0.720. The number of rotatable bonds is 6. The van der Waals surface area contributed by atoms with Crippen molar-refractivity contribution in [3.05, 3.63) is 0 Å². The van der Waals surface area contributed by atoms with Crippen LogP contribution in [0.15, 0.2) is 0 Å². The lowest BCUT2D eigenvalue weighted by molar-refractivity contribution is -0.117. The summed E-state index contributed by atoms with van der Waals surface area (Å²) in [5.74, 6) is 0.868. The monoisotopic (exact) mass is 258 g/mol. The zero-order valence-corrected chi connectivity index (χ0v) is 13.0. The molecule has 0 fully saturated rings. The van der Waals surface area contributed by atoms with Crippen molar-refractivity contribution in [2.75, 3.05) is 0 Å². The SMILES string of the molecule is CCCC(C)=O.CCCC(C)=O.CCCC(C)=O. The Hall–Kier alpha value is -0.990. The Morgan fingerprint density at radius 1 is 0.556 bits per heavy atom. The van der Waals surface area contributed by atoms with Crippen molar-refractivity contribution < 1.29 is 14.4 Å². The first-order valence-electron chi connectivity index (χ1n) is 6.79. The summed E-state index contributed by atoms with van der Waals surface area (Å²) in [5.41, 5.74) is 0. The van der Waals surface area contributed by atoms with Gasteiger partial charge in [0, 0.05) is 19.3 Å². The molecule has 0 aromatic carbocycles. The van der Waals surface area contributed by atoms with Crippen LogP contribution in [0.2, 0.25) is 0 Å². The van der Waals surface area contributed by atoms with Crippen molar-refractivity contribution in [1.82, 2.24) is 0 Å². The average molecular weight is 258 g/mol. The molecular weight excluding hydrogens is 228 g/mol. The lowest BCUT2D eigenvalue weighted by Crippen LogP contribution is -1.84. The van der Waals surface area contributed by atoms with Crippen molar-refractivity contribution in [3.63, 3.8) is 0 Å². The van der Waals surface area contributed by atoms with Crippen molar-refractivity contribution in [2.45, 2.75) is 80.1 Å². The number of hydrogen-bond acceptors (Lipinski definition) is 3. The number of carbonyl (C=O) groups is 3. The van der Waals surface area contributed by atoms with Crippen molar-refractivity contribution in [1.29, 1.82) is 0 Å². The minimum atomic E-state index is 0.289. The molecule has 0 amide bonds. The maximum Gasteiger partial charge on any atom is 0.129 e. The largest absolute Gasteiger partial charge is 0.300 e. The van der Waals surface area contributed by atoms with Crippen LogP contribution in [-0.4, -0.2) is 17.3 Å². The molecule has 0 saturated carbocycles. The molecular formula is C15H30O3. The van der Waals surface area contributed by atoms with E-state index in [-0.39, 0.29) is 17.3 Å². The summed E-state index contributed by atoms with van der Waals surface area (Å²) in [7, 11) is 0. The van der Waals surface area contributed by atoms with Gasteiger partial charge in [-0.25, -0.2) is 0 Å². The van der Waals surface area contributed by atoms with E-state index in [1.807, 2.05) is 20.8 Å². The summed E-state index contributed by atoms with van der Waals surface area (Å²) < 4.78 is 0. The average Bonchev–Trinajstić information content (AvgIpc) is 2.18. The lowest BCUT2D eigenvalue weighted by Gasteiger charge is -1.80. The van der Waals surface area contributed by atoms with Crippen molar-refractivity contribution in [2.24, 2.45) is 0 Å². The number of Topliss-reactive ketones (excluding diaryl/α,β-unsaturated/α-hetero) is 3. The predicted octanol–water partition coefficient (Wildman–Crippen LogP) is 4.13. The standard InChI is InChI=1S/3C5H10O/c3*1-3-4-5(2)6/h3*3-4H2,1-2H3. The molecule has 0 rings (SSSR count). The van der Waals surface area contributed by atoms with Crippen LogP contribution < -0.4 is 0 Å². The zero-order valence-electron chi connectivity index (χ0n) is 13.0. The van der Waals surface area contributed by atoms with Gasteiger partial charge < -0.3 is 14.4 Å². The molecule has 18 heavy (non-hydrogen) atoms. The fraction of sp³-hybridized carbons (Fsp3) is 0.800. The smallest absolute Gasteiger partial charge is 0.129 e. The van der Waals surface area contributed by atoms with E-state index in [9.17, 15) is 14.4 Å². The molecule has 0 aliphatic rings. The molecule has 0 aromatic heterocycles. The van der Waals surface area contributed by atoms with Crippen LogP contribution in [0.5, 0.6) is 0 Å². The molecule has 108 valence electrons. The van der Waals surface area contributed by atoms with E-state index in [0.29, 0.717) is 0 Å². The van der Waals surface area contributed by atoms with E-state index in [4.69, 9.17) is 0 Å². The van der Waals surface area contributed by atoms with Gasteiger partial charge >= 0.3 is 0 Å². The molecule has 0 N–H and O–H groups in total. The molecule has 0 atom stereocenters. The van der Waals surface area contributed by atoms with Gasteiger partial charge in [-0.15, -0.1) is 0 Å². The van der Waals surface area contributed by atoms with Crippen LogP contribution in [0.25, 0.3) is 0 Å². The third-order valence-corrected chi connectivity index (χ3v) is 1.81. The van der Waals surface area contributed by atoms with Gasteiger partial charge in [0.2, 0.25) is 0 Å². The van der Waals surface area contributed by atoms with Crippen molar-refractivity contribution >= 4 is 17.3 Å². The Bertz CT molecular complexity index is 182. The highest BCUT2D eigenvalue weighted by Crippen LogP contribution is 1.85. The minimum Gasteiger partial charge on any atom is -0.300 e. The molecule has 0 radical (unpaired) electrons. The molecule has 0 bridgehead atoms. The maximum absolute atomic E-state index is 10.0. The van der Waals surface area contributed by atoms with Crippen LogP contribution in [-0.2, 0) is 14.4 Å². The lowest BCUT2D eigenvalue weighted by atomic mass is 10.3. The zero-order chi connectivity index (χ0) is 15.0. The first-order chi connectivity index (χ1) is 8.31. The van der Waals surface area contributed by atoms with E-state index in [0.717, 1.165) is 38.5 Å². The first kappa shape index (κ1) is 22.2. The predicted molar refractivity (Wildman–Crippen MR) is 76.8 cm³/mol. The van der Waals surface area contributed by atoms with E-state index in [1.165, 1.54) is 0 Å². The third kappa shape index (κ3) is 45.9. The highest BCUT2D eigenvalue weighted by atomic mass is 16.1. The first-order valence-corrected chi connectivity index (χ1v) is 6.79. The number of ketones is 3. The van der Waals surface area contributed by atoms with Gasteiger partial charge in [0.25, 0.3) is 0 Å². The van der Waals surface area contributed by atoms with Crippen LogP contribution in [0, 0.1) is 0 Å². The topological polar surface area (TPSA) is 51.2 Å². The summed E-state index contributed by atoms with van der Waals surface area (Å²) in [4.78, 5) is 30.1. The fourth-order valence-electron chi connectivity index (χ4n) is 1.06. The molecule has 0 saturated heterocycles. The molecule has 0 unspecified atom stereocenters. The Balaban J connectivity index is -0.000000187. The molecule has 0 aromatic rings. The third-order valence-electron chi connectivity index (χ3n) is 1.81. The highest BCUT2D eigenvalue weighted by molar-refractivity contribution is 5.75. The molecule has 0 spiro atoms. The van der Waals surface area contributed by atoms with Crippen molar-refractivity contribution in [3.8, 4) is 0 Å². The second-order valence-electron chi connectivity index (χ2n) is 4.36. The fourth-order valence-corrected chi connectivity index (χ4v) is 1.06. The van der Waals surface area contributed by atoms with E-state index >= 15 is 0 Å². The minimum absolute atomic E-state index is 0.289. The van der Waals surface area contributed by atoms with Gasteiger partial charge in [0.15, 0.2) is 0 Å². The van der Waals surface area contributed by atoms with Crippen LogP contribution in [0.3, 0.4) is 0 Å². The van der Waals surface area contributed by atoms with Gasteiger partial charge in [-0.2, -0.15) is 0 Å². The van der Waals surface area contributed by atoms with Crippen LogP contribution in [0.4, 0.5) is 0 Å². The normalized spacial score (nSPS) is 8.33. The Morgan fingerprint density at radius 2 is 0.722 bits per heavy atom. The molecule has 3 nitrogen and oxygen atoms in total. The molecule has 0 heterocycles. The van der Waals surface area contributed by atoms with E-state index in [2.05, 4.69) is 0 Å². The maximum atomic E-state index is 10.0. The summed E-state index contributed by atoms with van der Waals surface area (Å²) in [5, 5.41) is 0. The summed E-state index contributed by atoms with van der Waals surface area (Å²) >= 11 is 0. The van der Waals surface area contributed by atoms with Gasteiger partial charge in [0.05, 0.1) is 0 Å². The van der Waals surface area contributed by atoms with Crippen LogP contribution in [0.1, 0.15) is 80.1 Å². The number of hydrogen-bond donors (Lipinski definition) is 0. The summed E-state index contributed by atoms with van der Waals surface area (Å²) in [6.45, 7) is 10.8. The second kappa shape index (κ2) is 18.4. The van der Waals surface area contributed by atoms with E-state index < -0.39 is 0 Å². The van der Waals surface area contributed by atoms with Gasteiger partial charge in [0.1, 0.15) is 17.3 Å². The highest BCUT2D eigenvalue weighted by Gasteiger charge is 1.84. The molecule has 0 aliphatic carbocycles. The Kier molecular flexibility index (Phi) is 22.7. The van der Waals surface area contributed by atoms with Crippen LogP contribution >= 0.6 is 0 Å².